The number of para-hydroxylation sites is 2. The van der Waals surface area contributed by atoms with E-state index in [0.717, 1.165) is 36.5 Å². The van der Waals surface area contributed by atoms with Gasteiger partial charge in [-0.15, -0.1) is 0 Å². The lowest BCUT2D eigenvalue weighted by molar-refractivity contribution is -0.897. The van der Waals surface area contributed by atoms with Gasteiger partial charge in [-0.3, -0.25) is 19.3 Å². The highest BCUT2D eigenvalue weighted by Gasteiger charge is 2.32. The SMILES string of the molecule is CCOC(=O)C1CC[NH+](CC(=O)N2CC(=O)Nc3ccccc32)CC1. The van der Waals surface area contributed by atoms with Crippen molar-refractivity contribution in [2.75, 3.05) is 43.0 Å². The molecule has 134 valence electrons. The second kappa shape index (κ2) is 7.65. The molecular weight excluding hydrogens is 322 g/mol. The van der Waals surface area contributed by atoms with Crippen molar-refractivity contribution in [2.45, 2.75) is 19.8 Å². The van der Waals surface area contributed by atoms with Crippen LogP contribution in [0.3, 0.4) is 0 Å². The molecule has 0 bridgehead atoms. The fourth-order valence-corrected chi connectivity index (χ4v) is 3.46. The molecule has 1 saturated heterocycles. The van der Waals surface area contributed by atoms with Crippen LogP contribution < -0.4 is 15.1 Å². The van der Waals surface area contributed by atoms with Crippen LogP contribution in [0.1, 0.15) is 19.8 Å². The Morgan fingerprint density at radius 3 is 2.72 bits per heavy atom. The summed E-state index contributed by atoms with van der Waals surface area (Å²) in [5.74, 6) is -0.426. The highest BCUT2D eigenvalue weighted by Crippen LogP contribution is 2.28. The van der Waals surface area contributed by atoms with E-state index in [1.165, 1.54) is 0 Å². The Balaban J connectivity index is 1.59. The van der Waals surface area contributed by atoms with Gasteiger partial charge in [-0.1, -0.05) is 12.1 Å². The zero-order valence-electron chi connectivity index (χ0n) is 14.4. The molecule has 0 radical (unpaired) electrons. The molecule has 0 aliphatic carbocycles. The van der Waals surface area contributed by atoms with Crippen LogP contribution in [0, 0.1) is 5.92 Å². The van der Waals surface area contributed by atoms with Crippen LogP contribution in [0.5, 0.6) is 0 Å². The molecule has 2 aliphatic heterocycles. The van der Waals surface area contributed by atoms with Gasteiger partial charge in [0.05, 0.1) is 37.0 Å². The lowest BCUT2D eigenvalue weighted by Gasteiger charge is -2.32. The monoisotopic (exact) mass is 346 g/mol. The highest BCUT2D eigenvalue weighted by molar-refractivity contribution is 6.10. The first kappa shape index (κ1) is 17.4. The number of ether oxygens (including phenoxy) is 1. The molecule has 1 aromatic carbocycles. The fourth-order valence-electron chi connectivity index (χ4n) is 3.46. The standard InChI is InChI=1S/C18H23N3O4/c1-2-25-18(24)13-7-9-20(10-8-13)12-17(23)21-11-16(22)19-14-5-3-4-6-15(14)21/h3-6,13H,2,7-12H2,1H3,(H,19,22)/p+1. The van der Waals surface area contributed by atoms with Gasteiger partial charge >= 0.3 is 5.97 Å². The molecule has 0 spiro atoms. The molecule has 25 heavy (non-hydrogen) atoms. The van der Waals surface area contributed by atoms with Gasteiger partial charge in [-0.25, -0.2) is 0 Å². The maximum atomic E-state index is 12.7. The number of carbonyl (C=O) groups is 3. The number of amides is 2. The van der Waals surface area contributed by atoms with Gasteiger partial charge in [-0.2, -0.15) is 0 Å². The number of anilines is 2. The molecule has 1 aromatic rings. The molecule has 7 nitrogen and oxygen atoms in total. The number of quaternary nitrogens is 1. The third-order valence-electron chi connectivity index (χ3n) is 4.79. The minimum atomic E-state index is -0.178. The number of carbonyl (C=O) groups excluding carboxylic acids is 3. The van der Waals surface area contributed by atoms with Crippen molar-refractivity contribution in [2.24, 2.45) is 5.92 Å². The molecule has 2 amide bonds. The van der Waals surface area contributed by atoms with Crippen molar-refractivity contribution < 1.29 is 24.0 Å². The van der Waals surface area contributed by atoms with Gasteiger partial charge in [-0.05, 0) is 19.1 Å². The topological polar surface area (TPSA) is 80.2 Å². The van der Waals surface area contributed by atoms with Crippen molar-refractivity contribution in [1.82, 2.24) is 0 Å². The van der Waals surface area contributed by atoms with E-state index in [2.05, 4.69) is 5.32 Å². The lowest BCUT2D eigenvalue weighted by Crippen LogP contribution is -3.14. The molecule has 0 unspecified atom stereocenters. The highest BCUT2D eigenvalue weighted by atomic mass is 16.5. The van der Waals surface area contributed by atoms with E-state index in [1.54, 1.807) is 11.0 Å². The number of piperidine rings is 1. The van der Waals surface area contributed by atoms with Crippen molar-refractivity contribution in [3.63, 3.8) is 0 Å². The molecule has 1 fully saturated rings. The molecule has 7 heteroatoms. The Bertz CT molecular complexity index is 668. The number of hydrogen-bond donors (Lipinski definition) is 2. The second-order valence-corrected chi connectivity index (χ2v) is 6.50. The number of nitrogens with zero attached hydrogens (tertiary/aromatic N) is 1. The van der Waals surface area contributed by atoms with Crippen molar-refractivity contribution in [3.8, 4) is 0 Å². The Morgan fingerprint density at radius 2 is 2.00 bits per heavy atom. The largest absolute Gasteiger partial charge is 0.466 e. The van der Waals surface area contributed by atoms with E-state index in [4.69, 9.17) is 4.74 Å². The minimum absolute atomic E-state index is 0.0502. The normalized spacial score (nSPS) is 22.8. The average Bonchev–Trinajstić information content (AvgIpc) is 2.61. The van der Waals surface area contributed by atoms with Crippen LogP contribution in [0.15, 0.2) is 24.3 Å². The summed E-state index contributed by atoms with van der Waals surface area (Å²) in [5, 5.41) is 2.79. The number of esters is 1. The number of fused-ring (bicyclic) bond motifs is 1. The summed E-state index contributed by atoms with van der Waals surface area (Å²) in [6.07, 6.45) is 1.47. The van der Waals surface area contributed by atoms with E-state index in [1.807, 2.05) is 25.1 Å². The summed E-state index contributed by atoms with van der Waals surface area (Å²) in [5.41, 5.74) is 1.41. The van der Waals surface area contributed by atoms with Crippen LogP contribution in [0.4, 0.5) is 11.4 Å². The van der Waals surface area contributed by atoms with Crippen LogP contribution >= 0.6 is 0 Å². The number of rotatable bonds is 4. The van der Waals surface area contributed by atoms with E-state index in [9.17, 15) is 14.4 Å². The molecular formula is C18H24N3O4+. The summed E-state index contributed by atoms with van der Waals surface area (Å²) in [7, 11) is 0. The first-order valence-electron chi connectivity index (χ1n) is 8.78. The lowest BCUT2D eigenvalue weighted by atomic mass is 9.97. The van der Waals surface area contributed by atoms with Crippen molar-refractivity contribution in [3.05, 3.63) is 24.3 Å². The molecule has 2 heterocycles. The molecule has 0 atom stereocenters. The van der Waals surface area contributed by atoms with Gasteiger partial charge in [0.1, 0.15) is 6.54 Å². The van der Waals surface area contributed by atoms with Crippen LogP contribution in [0.2, 0.25) is 0 Å². The maximum absolute atomic E-state index is 12.7. The van der Waals surface area contributed by atoms with Crippen molar-refractivity contribution in [1.29, 1.82) is 0 Å². The summed E-state index contributed by atoms with van der Waals surface area (Å²) in [6, 6.07) is 7.33. The summed E-state index contributed by atoms with van der Waals surface area (Å²) in [6.45, 7) is 4.12. The predicted octanol–water partition coefficient (Wildman–Crippen LogP) is -0.170. The smallest absolute Gasteiger partial charge is 0.309 e. The van der Waals surface area contributed by atoms with Gasteiger partial charge in [0.15, 0.2) is 6.54 Å². The van der Waals surface area contributed by atoms with E-state index < -0.39 is 0 Å². The second-order valence-electron chi connectivity index (χ2n) is 6.50. The third-order valence-corrected chi connectivity index (χ3v) is 4.79. The Morgan fingerprint density at radius 1 is 1.28 bits per heavy atom. The Kier molecular flexibility index (Phi) is 5.33. The molecule has 0 saturated carbocycles. The number of hydrogen-bond acceptors (Lipinski definition) is 4. The number of likely N-dealkylation sites (tertiary alicyclic amines) is 1. The Labute approximate surface area is 146 Å². The maximum Gasteiger partial charge on any atom is 0.309 e. The minimum Gasteiger partial charge on any atom is -0.466 e. The van der Waals surface area contributed by atoms with Gasteiger partial charge in [0.25, 0.3) is 5.91 Å². The van der Waals surface area contributed by atoms with E-state index in [0.29, 0.717) is 18.8 Å². The van der Waals surface area contributed by atoms with Gasteiger partial charge in [0, 0.05) is 12.8 Å². The summed E-state index contributed by atoms with van der Waals surface area (Å²) in [4.78, 5) is 39.1. The van der Waals surface area contributed by atoms with Crippen LogP contribution in [0.25, 0.3) is 0 Å². The average molecular weight is 346 g/mol. The van der Waals surface area contributed by atoms with Gasteiger partial charge < -0.3 is 15.0 Å². The quantitative estimate of drug-likeness (QED) is 0.742. The first-order valence-corrected chi connectivity index (χ1v) is 8.78. The van der Waals surface area contributed by atoms with E-state index in [-0.39, 0.29) is 30.2 Å². The molecule has 2 aliphatic rings. The zero-order valence-corrected chi connectivity index (χ0v) is 14.4. The van der Waals surface area contributed by atoms with Crippen molar-refractivity contribution >= 4 is 29.2 Å². The summed E-state index contributed by atoms with van der Waals surface area (Å²) >= 11 is 0. The molecule has 2 N–H and O–H groups in total. The summed E-state index contributed by atoms with van der Waals surface area (Å²) < 4.78 is 5.08. The van der Waals surface area contributed by atoms with Crippen LogP contribution in [-0.2, 0) is 19.1 Å². The third kappa shape index (κ3) is 3.99. The molecule has 3 rings (SSSR count). The first-order chi connectivity index (χ1) is 12.1. The van der Waals surface area contributed by atoms with Gasteiger partial charge in [0.2, 0.25) is 5.91 Å². The fraction of sp³-hybridized carbons (Fsp3) is 0.500. The zero-order chi connectivity index (χ0) is 17.8. The number of benzene rings is 1. The van der Waals surface area contributed by atoms with E-state index >= 15 is 0 Å². The molecule has 0 aromatic heterocycles. The Hall–Kier alpha value is -2.41. The number of nitrogens with one attached hydrogen (secondary N) is 2. The van der Waals surface area contributed by atoms with Crippen LogP contribution in [-0.4, -0.2) is 50.6 Å². The predicted molar refractivity (Wildman–Crippen MR) is 92.3 cm³/mol.